The summed E-state index contributed by atoms with van der Waals surface area (Å²) < 4.78 is 74.2. The molecule has 3 aromatic rings. The van der Waals surface area contributed by atoms with Crippen molar-refractivity contribution in [2.45, 2.75) is 100 Å². The van der Waals surface area contributed by atoms with Gasteiger partial charge in [0.25, 0.3) is 5.91 Å². The van der Waals surface area contributed by atoms with Gasteiger partial charge >= 0.3 is 6.09 Å². The lowest BCUT2D eigenvalue weighted by molar-refractivity contribution is -0.143. The Labute approximate surface area is 322 Å². The van der Waals surface area contributed by atoms with Crippen LogP contribution in [0.5, 0.6) is 11.6 Å². The topological polar surface area (TPSA) is 182 Å². The molecule has 14 nitrogen and oxygen atoms in total. The molecule has 5 aliphatic rings. The Morgan fingerprint density at radius 2 is 1.80 bits per heavy atom. The summed E-state index contributed by atoms with van der Waals surface area (Å²) in [5.41, 5.74) is -2.16. The number of carbonyl (C=O) groups excluding carboxylic acids is 4. The van der Waals surface area contributed by atoms with E-state index >= 15 is 0 Å². The van der Waals surface area contributed by atoms with Crippen LogP contribution in [0, 0.1) is 11.3 Å². The number of ether oxygens (including phenoxy) is 3. The fourth-order valence-corrected chi connectivity index (χ4v) is 8.87. The first-order valence-electron chi connectivity index (χ1n) is 18.7. The summed E-state index contributed by atoms with van der Waals surface area (Å²) in [5, 5.41) is 5.14. The number of pyridine rings is 1. The first kappa shape index (κ1) is 37.8. The zero-order valence-electron chi connectivity index (χ0n) is 31.0. The Morgan fingerprint density at radius 3 is 2.48 bits per heavy atom. The van der Waals surface area contributed by atoms with E-state index in [1.54, 1.807) is 26.8 Å². The summed E-state index contributed by atoms with van der Waals surface area (Å²) in [6.45, 7) is 5.05. The standard InChI is InChI=1S/C39H43F2N5O9S/c1-37(2,3)30-34(48)46-19-24(17-29(46)32(47)44-39(18-27(39)31(40)41)35(49)45-56(51,52)25-11-12-25)54-33-26(16-22-7-4-5-10-28(22)42-33)21-8-6-9-23(15-21)53-20-38(13-14-38)55-36(50)43-30/h4-10,15-16,24-25,27,29-31H,11-14,17-20H2,1-3H3,(H,43,50)(H,44,47)(H,45,49)/t24?,27-,29-,30-,39?/m0/s1. The molecule has 4 amide bonds. The predicted molar refractivity (Wildman–Crippen MR) is 197 cm³/mol. The second kappa shape index (κ2) is 13.6. The lowest BCUT2D eigenvalue weighted by Crippen LogP contribution is -2.60. The number of para-hydroxylation sites is 1. The molecule has 0 radical (unpaired) electrons. The van der Waals surface area contributed by atoms with E-state index in [2.05, 4.69) is 10.6 Å². The van der Waals surface area contributed by atoms with E-state index in [0.29, 0.717) is 48.1 Å². The van der Waals surface area contributed by atoms with E-state index in [4.69, 9.17) is 19.2 Å². The molecule has 3 N–H and O–H groups in total. The molecule has 2 unspecified atom stereocenters. The number of fused-ring (bicyclic) bond motifs is 7. The molecule has 298 valence electrons. The minimum absolute atomic E-state index is 0.0602. The number of sulfonamides is 1. The summed E-state index contributed by atoms with van der Waals surface area (Å²) in [5.74, 6) is -3.83. The fourth-order valence-electron chi connectivity index (χ4n) is 7.51. The first-order chi connectivity index (χ1) is 26.5. The average Bonchev–Trinajstić information content (AvgIpc) is 4.06. The number of halogens is 2. The second-order valence-corrected chi connectivity index (χ2v) is 18.6. The number of nitrogens with one attached hydrogen (secondary N) is 3. The molecule has 1 aromatic heterocycles. The van der Waals surface area contributed by atoms with Crippen molar-refractivity contribution in [3.63, 3.8) is 0 Å². The molecule has 3 aliphatic carbocycles. The van der Waals surface area contributed by atoms with Crippen LogP contribution in [0.25, 0.3) is 22.0 Å². The van der Waals surface area contributed by atoms with Crippen molar-refractivity contribution in [3.8, 4) is 22.8 Å². The highest BCUT2D eigenvalue weighted by Crippen LogP contribution is 2.49. The third-order valence-corrected chi connectivity index (χ3v) is 13.0. The van der Waals surface area contributed by atoms with E-state index in [1.165, 1.54) is 4.90 Å². The van der Waals surface area contributed by atoms with Gasteiger partial charge in [0, 0.05) is 17.4 Å². The van der Waals surface area contributed by atoms with Crippen LogP contribution in [-0.4, -0.2) is 96.3 Å². The molecule has 56 heavy (non-hydrogen) atoms. The molecule has 4 fully saturated rings. The Morgan fingerprint density at radius 1 is 1.05 bits per heavy atom. The predicted octanol–water partition coefficient (Wildman–Crippen LogP) is 4.06. The van der Waals surface area contributed by atoms with Gasteiger partial charge in [-0.1, -0.05) is 51.1 Å². The van der Waals surface area contributed by atoms with Crippen LogP contribution in [0.4, 0.5) is 13.6 Å². The Bertz CT molecular complexity index is 2220. The molecule has 2 aromatic carbocycles. The van der Waals surface area contributed by atoms with Crippen molar-refractivity contribution in [2.75, 3.05) is 13.2 Å². The SMILES string of the molecule is CC(C)(C)[C@H]1NC(=O)OC2(CC2)COc2cccc(c2)-c2cc3ccccc3nc2OC2C[C@@H](C(=O)NC3(C(=O)NS(=O)(=O)C4CC4)C[C@H]3C(F)F)N(C2)C1=O. The summed E-state index contributed by atoms with van der Waals surface area (Å²) in [6.07, 6.45) is -3.74. The zero-order chi connectivity index (χ0) is 39.8. The maximum atomic E-state index is 14.6. The lowest BCUT2D eigenvalue weighted by Gasteiger charge is -2.35. The number of nitrogens with zero attached hydrogens (tertiary/aromatic N) is 2. The van der Waals surface area contributed by atoms with E-state index in [0.717, 1.165) is 5.39 Å². The molecular formula is C39H43F2N5O9S. The molecule has 1 spiro atoms. The van der Waals surface area contributed by atoms with Gasteiger partial charge < -0.3 is 29.7 Å². The molecule has 1 saturated heterocycles. The summed E-state index contributed by atoms with van der Waals surface area (Å²) in [4.78, 5) is 61.9. The highest BCUT2D eigenvalue weighted by atomic mass is 32.2. The summed E-state index contributed by atoms with van der Waals surface area (Å²) in [6, 6.07) is 14.0. The highest BCUT2D eigenvalue weighted by molar-refractivity contribution is 7.91. The van der Waals surface area contributed by atoms with Crippen LogP contribution < -0.4 is 24.8 Å². The highest BCUT2D eigenvalue weighted by Gasteiger charge is 2.67. The van der Waals surface area contributed by atoms with Gasteiger partial charge in [0.15, 0.2) is 0 Å². The smallest absolute Gasteiger partial charge is 0.408 e. The van der Waals surface area contributed by atoms with Crippen LogP contribution in [0.15, 0.2) is 54.6 Å². The zero-order valence-corrected chi connectivity index (χ0v) is 31.9. The average molecular weight is 796 g/mol. The van der Waals surface area contributed by atoms with Crippen molar-refractivity contribution in [1.82, 2.24) is 25.2 Å². The van der Waals surface area contributed by atoms with Crippen LogP contribution in [0.3, 0.4) is 0 Å². The number of hydrogen-bond donors (Lipinski definition) is 3. The molecular weight excluding hydrogens is 753 g/mol. The minimum Gasteiger partial charge on any atom is -0.489 e. The molecule has 2 aliphatic heterocycles. The van der Waals surface area contributed by atoms with Crippen molar-refractivity contribution in [2.24, 2.45) is 11.3 Å². The second-order valence-electron chi connectivity index (χ2n) is 16.6. The van der Waals surface area contributed by atoms with E-state index < -0.39 is 92.6 Å². The van der Waals surface area contributed by atoms with E-state index in [1.807, 2.05) is 53.3 Å². The van der Waals surface area contributed by atoms with Crippen molar-refractivity contribution < 1.29 is 50.6 Å². The Hall–Kier alpha value is -5.06. The monoisotopic (exact) mass is 795 g/mol. The minimum atomic E-state index is -4.14. The number of hydrogen-bond acceptors (Lipinski definition) is 10. The third-order valence-electron chi connectivity index (χ3n) is 11.2. The fraction of sp³-hybridized carbons (Fsp3) is 0.513. The summed E-state index contributed by atoms with van der Waals surface area (Å²) in [7, 11) is -4.14. The quantitative estimate of drug-likeness (QED) is 0.329. The number of aromatic nitrogens is 1. The lowest BCUT2D eigenvalue weighted by atomic mass is 9.85. The molecule has 5 atom stereocenters. The van der Waals surface area contributed by atoms with Gasteiger partial charge in [-0.15, -0.1) is 0 Å². The van der Waals surface area contributed by atoms with Crippen LogP contribution in [0.2, 0.25) is 0 Å². The molecule has 17 heteroatoms. The van der Waals surface area contributed by atoms with Crippen LogP contribution in [0.1, 0.15) is 59.3 Å². The van der Waals surface area contributed by atoms with Gasteiger partial charge in [-0.3, -0.25) is 19.1 Å². The van der Waals surface area contributed by atoms with Gasteiger partial charge in [0.2, 0.25) is 34.1 Å². The van der Waals surface area contributed by atoms with Gasteiger partial charge in [0.1, 0.15) is 41.7 Å². The van der Waals surface area contributed by atoms with E-state index in [9.17, 15) is 36.4 Å². The van der Waals surface area contributed by atoms with E-state index in [-0.39, 0.29) is 25.5 Å². The summed E-state index contributed by atoms with van der Waals surface area (Å²) >= 11 is 0. The maximum absolute atomic E-state index is 14.6. The van der Waals surface area contributed by atoms with Crippen molar-refractivity contribution in [1.29, 1.82) is 0 Å². The number of alkyl halides is 2. The van der Waals surface area contributed by atoms with Gasteiger partial charge in [-0.05, 0) is 67.3 Å². The Kier molecular flexibility index (Phi) is 9.16. The molecule has 8 rings (SSSR count). The third kappa shape index (κ3) is 7.32. The molecule has 3 heterocycles. The number of amides is 4. The van der Waals surface area contributed by atoms with Gasteiger partial charge in [0.05, 0.1) is 23.2 Å². The normalized spacial score (nSPS) is 27.3. The molecule has 3 saturated carbocycles. The van der Waals surface area contributed by atoms with Crippen LogP contribution >= 0.6 is 0 Å². The van der Waals surface area contributed by atoms with Gasteiger partial charge in [-0.25, -0.2) is 27.0 Å². The number of alkyl carbamates (subject to hydrolysis) is 1. The number of rotatable bonds is 6. The van der Waals surface area contributed by atoms with Crippen LogP contribution in [-0.2, 0) is 29.1 Å². The first-order valence-corrected chi connectivity index (χ1v) is 20.3. The number of carbonyl (C=O) groups is 4. The molecule has 4 bridgehead atoms. The van der Waals surface area contributed by atoms with Crippen molar-refractivity contribution in [3.05, 3.63) is 54.6 Å². The largest absolute Gasteiger partial charge is 0.489 e. The van der Waals surface area contributed by atoms with Crippen molar-refractivity contribution >= 4 is 44.7 Å². The maximum Gasteiger partial charge on any atom is 0.408 e. The Balaban J connectivity index is 1.17. The van der Waals surface area contributed by atoms with Gasteiger partial charge in [-0.2, -0.15) is 0 Å². The number of benzene rings is 2.